The van der Waals surface area contributed by atoms with Crippen LogP contribution in [-0.4, -0.2) is 28.5 Å². The molecule has 0 aliphatic rings. The van der Waals surface area contributed by atoms with Crippen molar-refractivity contribution in [2.75, 3.05) is 12.8 Å². The van der Waals surface area contributed by atoms with Crippen LogP contribution in [0.25, 0.3) is 0 Å². The highest BCUT2D eigenvalue weighted by Gasteiger charge is 2.36. The van der Waals surface area contributed by atoms with E-state index in [2.05, 4.69) is 26.8 Å². The van der Waals surface area contributed by atoms with Crippen LogP contribution in [0.1, 0.15) is 29.3 Å². The van der Waals surface area contributed by atoms with Crippen molar-refractivity contribution in [3.63, 3.8) is 0 Å². The van der Waals surface area contributed by atoms with Crippen molar-refractivity contribution in [2.24, 2.45) is 12.0 Å². The van der Waals surface area contributed by atoms with Gasteiger partial charge in [-0.2, -0.15) is 18.3 Å². The zero-order valence-corrected chi connectivity index (χ0v) is 19.4. The van der Waals surface area contributed by atoms with Gasteiger partial charge in [0.15, 0.2) is 11.7 Å². The normalized spacial score (nSPS) is 11.9. The second-order valence-corrected chi connectivity index (χ2v) is 6.89. The van der Waals surface area contributed by atoms with E-state index in [1.807, 2.05) is 32.2 Å². The van der Waals surface area contributed by atoms with Crippen molar-refractivity contribution in [1.29, 1.82) is 0 Å². The SMILES string of the molecule is CCNC(=NCc1cn(C)nc1C(F)(F)F)NCc1ccc(C)cc1SC.I. The van der Waals surface area contributed by atoms with Crippen LogP contribution in [0, 0.1) is 6.92 Å². The molecule has 0 unspecified atom stereocenters. The molecule has 0 saturated heterocycles. The second kappa shape index (κ2) is 10.9. The first-order valence-electron chi connectivity index (χ1n) is 8.50. The molecule has 0 saturated carbocycles. The zero-order chi connectivity index (χ0) is 20.0. The average Bonchev–Trinajstić information content (AvgIpc) is 2.99. The Balaban J connectivity index is 0.00000392. The minimum absolute atomic E-state index is 0. The Hall–Kier alpha value is -1.43. The van der Waals surface area contributed by atoms with Gasteiger partial charge in [0.1, 0.15) is 0 Å². The second-order valence-electron chi connectivity index (χ2n) is 6.04. The Labute approximate surface area is 184 Å². The maximum Gasteiger partial charge on any atom is 0.435 e. The van der Waals surface area contributed by atoms with Crippen LogP contribution in [0.4, 0.5) is 13.2 Å². The number of thioether (sulfide) groups is 1. The first-order valence-corrected chi connectivity index (χ1v) is 9.72. The van der Waals surface area contributed by atoms with Crippen LogP contribution >= 0.6 is 35.7 Å². The van der Waals surface area contributed by atoms with E-state index < -0.39 is 11.9 Å². The van der Waals surface area contributed by atoms with Gasteiger partial charge < -0.3 is 10.6 Å². The maximum atomic E-state index is 13.1. The van der Waals surface area contributed by atoms with Gasteiger partial charge in [-0.3, -0.25) is 4.68 Å². The van der Waals surface area contributed by atoms with Crippen LogP contribution in [0.15, 0.2) is 34.3 Å². The van der Waals surface area contributed by atoms with Crippen molar-refractivity contribution < 1.29 is 13.2 Å². The lowest BCUT2D eigenvalue weighted by Crippen LogP contribution is -2.37. The molecule has 28 heavy (non-hydrogen) atoms. The summed E-state index contributed by atoms with van der Waals surface area (Å²) >= 11 is 1.66. The van der Waals surface area contributed by atoms with Crippen molar-refractivity contribution in [1.82, 2.24) is 20.4 Å². The summed E-state index contributed by atoms with van der Waals surface area (Å²) < 4.78 is 40.3. The predicted molar refractivity (Wildman–Crippen MR) is 118 cm³/mol. The third-order valence-electron chi connectivity index (χ3n) is 3.81. The third kappa shape index (κ3) is 6.87. The minimum atomic E-state index is -4.49. The molecule has 0 aliphatic carbocycles. The van der Waals surface area contributed by atoms with E-state index in [0.717, 1.165) is 15.1 Å². The number of hydrogen-bond donors (Lipinski definition) is 2. The summed E-state index contributed by atoms with van der Waals surface area (Å²) in [4.78, 5) is 5.45. The van der Waals surface area contributed by atoms with Gasteiger partial charge in [0.2, 0.25) is 0 Å². The van der Waals surface area contributed by atoms with Gasteiger partial charge in [0.05, 0.1) is 6.54 Å². The molecule has 2 aromatic rings. The zero-order valence-electron chi connectivity index (χ0n) is 16.2. The molecule has 0 fully saturated rings. The fraction of sp³-hybridized carbons (Fsp3) is 0.444. The largest absolute Gasteiger partial charge is 0.435 e. The number of aryl methyl sites for hydroxylation is 2. The van der Waals surface area contributed by atoms with Gasteiger partial charge in [0, 0.05) is 36.8 Å². The summed E-state index contributed by atoms with van der Waals surface area (Å²) in [6.07, 6.45) is -1.13. The molecule has 5 nitrogen and oxygen atoms in total. The third-order valence-corrected chi connectivity index (χ3v) is 4.63. The molecule has 2 N–H and O–H groups in total. The molecule has 1 aromatic carbocycles. The number of hydrogen-bond acceptors (Lipinski definition) is 3. The molecule has 2 rings (SSSR count). The smallest absolute Gasteiger partial charge is 0.357 e. The topological polar surface area (TPSA) is 54.2 Å². The summed E-state index contributed by atoms with van der Waals surface area (Å²) in [5.41, 5.74) is 1.44. The van der Waals surface area contributed by atoms with Gasteiger partial charge in [0.25, 0.3) is 0 Å². The number of benzene rings is 1. The minimum Gasteiger partial charge on any atom is -0.357 e. The lowest BCUT2D eigenvalue weighted by molar-refractivity contribution is -0.142. The molecule has 10 heteroatoms. The van der Waals surface area contributed by atoms with E-state index in [-0.39, 0.29) is 36.1 Å². The summed E-state index contributed by atoms with van der Waals surface area (Å²) in [5, 5.41) is 9.75. The molecule has 1 aromatic heterocycles. The quantitative estimate of drug-likeness (QED) is 0.254. The van der Waals surface area contributed by atoms with Crippen molar-refractivity contribution in [3.05, 3.63) is 46.8 Å². The standard InChI is InChI=1S/C18H24F3N5S.HI/c1-5-22-17(23-9-13-7-6-12(2)8-15(13)27-4)24-10-14-11-26(3)25-16(14)18(19,20)21;/h6-8,11H,5,9-10H2,1-4H3,(H2,22,23,24);1H. The molecule has 0 amide bonds. The number of alkyl halides is 3. The average molecular weight is 527 g/mol. The van der Waals surface area contributed by atoms with Crippen molar-refractivity contribution in [2.45, 2.75) is 38.0 Å². The Morgan fingerprint density at radius 3 is 2.57 bits per heavy atom. The molecule has 0 bridgehead atoms. The van der Waals surface area contributed by atoms with Crippen molar-refractivity contribution >= 4 is 41.7 Å². The lowest BCUT2D eigenvalue weighted by atomic mass is 10.1. The predicted octanol–water partition coefficient (Wildman–Crippen LogP) is 4.34. The number of nitrogens with one attached hydrogen (secondary N) is 2. The van der Waals surface area contributed by atoms with E-state index >= 15 is 0 Å². The van der Waals surface area contributed by atoms with Gasteiger partial charge in [-0.1, -0.05) is 12.1 Å². The lowest BCUT2D eigenvalue weighted by Gasteiger charge is -2.14. The van der Waals surface area contributed by atoms with Gasteiger partial charge >= 0.3 is 6.18 Å². The Morgan fingerprint density at radius 2 is 1.96 bits per heavy atom. The van der Waals surface area contributed by atoms with Gasteiger partial charge in [-0.05, 0) is 37.3 Å². The van der Waals surface area contributed by atoms with E-state index in [1.165, 1.54) is 18.8 Å². The summed E-state index contributed by atoms with van der Waals surface area (Å²) in [7, 11) is 1.47. The van der Waals surface area contributed by atoms with Crippen LogP contribution in [0.2, 0.25) is 0 Å². The first-order chi connectivity index (χ1) is 12.7. The number of aliphatic imine (C=N–C) groups is 1. The molecule has 0 radical (unpaired) electrons. The Bertz CT molecular complexity index is 805. The van der Waals surface area contributed by atoms with E-state index in [0.29, 0.717) is 19.0 Å². The fourth-order valence-corrected chi connectivity index (χ4v) is 3.28. The fourth-order valence-electron chi connectivity index (χ4n) is 2.57. The molecular weight excluding hydrogens is 502 g/mol. The number of nitrogens with zero attached hydrogens (tertiary/aromatic N) is 3. The Morgan fingerprint density at radius 1 is 1.25 bits per heavy atom. The summed E-state index contributed by atoms with van der Waals surface area (Å²) in [5.74, 6) is 0.460. The van der Waals surface area contributed by atoms with Gasteiger partial charge in [-0.15, -0.1) is 35.7 Å². The molecular formula is C18H25F3IN5S. The molecule has 0 spiro atoms. The summed E-state index contributed by atoms with van der Waals surface area (Å²) in [6, 6.07) is 6.18. The van der Waals surface area contributed by atoms with Gasteiger partial charge in [-0.25, -0.2) is 4.99 Å². The number of halogens is 4. The first kappa shape index (κ1) is 24.6. The molecule has 0 atom stereocenters. The summed E-state index contributed by atoms with van der Waals surface area (Å²) in [6.45, 7) is 4.97. The maximum absolute atomic E-state index is 13.1. The Kier molecular flexibility index (Phi) is 9.61. The van der Waals surface area contributed by atoms with E-state index in [1.54, 1.807) is 11.8 Å². The number of guanidine groups is 1. The highest BCUT2D eigenvalue weighted by molar-refractivity contribution is 14.0. The highest BCUT2D eigenvalue weighted by Crippen LogP contribution is 2.30. The van der Waals surface area contributed by atoms with E-state index in [4.69, 9.17) is 0 Å². The molecule has 0 aliphatic heterocycles. The van der Waals surface area contributed by atoms with Crippen molar-refractivity contribution in [3.8, 4) is 0 Å². The molecule has 1 heterocycles. The number of aromatic nitrogens is 2. The van der Waals surface area contributed by atoms with E-state index in [9.17, 15) is 13.2 Å². The number of rotatable bonds is 6. The van der Waals surface area contributed by atoms with Crippen LogP contribution in [0.3, 0.4) is 0 Å². The highest BCUT2D eigenvalue weighted by atomic mass is 127. The van der Waals surface area contributed by atoms with Crippen LogP contribution in [0.5, 0.6) is 0 Å². The monoisotopic (exact) mass is 527 g/mol. The van der Waals surface area contributed by atoms with Crippen LogP contribution < -0.4 is 10.6 Å². The molecule has 156 valence electrons. The van der Waals surface area contributed by atoms with Crippen LogP contribution in [-0.2, 0) is 26.3 Å².